The van der Waals surface area contributed by atoms with Crippen molar-refractivity contribution >= 4 is 23.2 Å². The lowest BCUT2D eigenvalue weighted by Gasteiger charge is -2.18. The molecular weight excluding hydrogens is 330 g/mol. The lowest BCUT2D eigenvalue weighted by Crippen LogP contribution is -2.32. The molecule has 0 bridgehead atoms. The minimum Gasteiger partial charge on any atom is -0.497 e. The van der Waals surface area contributed by atoms with Crippen LogP contribution in [0.1, 0.15) is 13.3 Å². The summed E-state index contributed by atoms with van der Waals surface area (Å²) >= 11 is 5.94. The minimum atomic E-state index is -0.653. The first-order chi connectivity index (χ1) is 11.6. The summed E-state index contributed by atoms with van der Waals surface area (Å²) < 4.78 is 16.2. The standard InChI is InChI=1S/C18H20ClNO4/c1-4-16(24-14-7-5-6-12(19)10-14)18(21)20-15-11-13(22-2)8-9-17(15)23-3/h5-11,16H,4H2,1-3H3,(H,20,21)/t16-/m1/s1. The fourth-order valence-corrected chi connectivity index (χ4v) is 2.33. The minimum absolute atomic E-state index is 0.274. The summed E-state index contributed by atoms with van der Waals surface area (Å²) in [7, 11) is 3.10. The maximum Gasteiger partial charge on any atom is 0.265 e. The average Bonchev–Trinajstić information content (AvgIpc) is 2.59. The Bertz CT molecular complexity index is 705. The fourth-order valence-electron chi connectivity index (χ4n) is 2.15. The molecule has 0 aliphatic carbocycles. The first kappa shape index (κ1) is 17.9. The highest BCUT2D eigenvalue weighted by Gasteiger charge is 2.20. The molecule has 2 rings (SSSR count). The van der Waals surface area contributed by atoms with Crippen LogP contribution in [0.3, 0.4) is 0 Å². The summed E-state index contributed by atoms with van der Waals surface area (Å²) in [5.74, 6) is 1.43. The lowest BCUT2D eigenvalue weighted by molar-refractivity contribution is -0.122. The van der Waals surface area contributed by atoms with Gasteiger partial charge in [-0.15, -0.1) is 0 Å². The van der Waals surface area contributed by atoms with Gasteiger partial charge in [0.1, 0.15) is 17.2 Å². The van der Waals surface area contributed by atoms with Crippen LogP contribution in [-0.2, 0) is 4.79 Å². The van der Waals surface area contributed by atoms with Crippen molar-refractivity contribution in [2.75, 3.05) is 19.5 Å². The Morgan fingerprint density at radius 2 is 1.92 bits per heavy atom. The monoisotopic (exact) mass is 349 g/mol. The number of amides is 1. The Balaban J connectivity index is 2.14. The summed E-state index contributed by atoms with van der Waals surface area (Å²) in [6.07, 6.45) is -0.149. The molecule has 1 amide bonds. The van der Waals surface area contributed by atoms with Crippen LogP contribution < -0.4 is 19.5 Å². The number of nitrogens with one attached hydrogen (secondary N) is 1. The molecule has 1 N–H and O–H groups in total. The molecule has 2 aromatic carbocycles. The number of rotatable bonds is 7. The fraction of sp³-hybridized carbons (Fsp3) is 0.278. The molecule has 0 saturated carbocycles. The van der Waals surface area contributed by atoms with Crippen molar-refractivity contribution in [3.05, 3.63) is 47.5 Å². The van der Waals surface area contributed by atoms with Crippen LogP contribution in [0.2, 0.25) is 5.02 Å². The van der Waals surface area contributed by atoms with Crippen molar-refractivity contribution in [3.63, 3.8) is 0 Å². The molecule has 0 heterocycles. The molecule has 0 unspecified atom stereocenters. The smallest absolute Gasteiger partial charge is 0.265 e. The number of hydrogen-bond acceptors (Lipinski definition) is 4. The van der Waals surface area contributed by atoms with Gasteiger partial charge in [0.15, 0.2) is 6.10 Å². The molecule has 0 spiro atoms. The van der Waals surface area contributed by atoms with Gasteiger partial charge < -0.3 is 19.5 Å². The highest BCUT2D eigenvalue weighted by molar-refractivity contribution is 6.30. The molecule has 0 aromatic heterocycles. The van der Waals surface area contributed by atoms with Gasteiger partial charge in [-0.25, -0.2) is 0 Å². The van der Waals surface area contributed by atoms with Crippen LogP contribution in [0.4, 0.5) is 5.69 Å². The summed E-state index contributed by atoms with van der Waals surface area (Å²) in [6, 6.07) is 12.1. The second-order valence-corrected chi connectivity index (χ2v) is 5.46. The first-order valence-electron chi connectivity index (χ1n) is 7.52. The number of halogens is 1. The summed E-state index contributed by atoms with van der Waals surface area (Å²) in [6.45, 7) is 1.87. The Kier molecular flexibility index (Phi) is 6.32. The van der Waals surface area contributed by atoms with Crippen LogP contribution in [0.25, 0.3) is 0 Å². The predicted molar refractivity (Wildman–Crippen MR) is 94.3 cm³/mol. The molecule has 24 heavy (non-hydrogen) atoms. The second kappa shape index (κ2) is 8.45. The third-order valence-electron chi connectivity index (χ3n) is 3.40. The maximum atomic E-state index is 12.5. The van der Waals surface area contributed by atoms with Gasteiger partial charge in [-0.2, -0.15) is 0 Å². The number of carbonyl (C=O) groups excluding carboxylic acids is 1. The summed E-state index contributed by atoms with van der Waals surface area (Å²) in [4.78, 5) is 12.5. The van der Waals surface area contributed by atoms with Gasteiger partial charge in [0.2, 0.25) is 0 Å². The molecule has 0 aliphatic heterocycles. The van der Waals surface area contributed by atoms with Crippen molar-refractivity contribution in [2.24, 2.45) is 0 Å². The summed E-state index contributed by atoms with van der Waals surface area (Å²) in [5.41, 5.74) is 0.523. The van der Waals surface area contributed by atoms with Crippen molar-refractivity contribution in [1.82, 2.24) is 0 Å². The molecule has 0 radical (unpaired) electrons. The molecule has 0 saturated heterocycles. The molecule has 5 nitrogen and oxygen atoms in total. The predicted octanol–water partition coefficient (Wildman–Crippen LogP) is 4.15. The van der Waals surface area contributed by atoms with Crippen molar-refractivity contribution in [2.45, 2.75) is 19.4 Å². The van der Waals surface area contributed by atoms with E-state index in [1.807, 2.05) is 6.92 Å². The van der Waals surface area contributed by atoms with Crippen molar-refractivity contribution in [1.29, 1.82) is 0 Å². The average molecular weight is 350 g/mol. The zero-order chi connectivity index (χ0) is 17.5. The lowest BCUT2D eigenvalue weighted by atomic mass is 10.2. The second-order valence-electron chi connectivity index (χ2n) is 5.03. The molecule has 128 valence electrons. The van der Waals surface area contributed by atoms with Gasteiger partial charge in [0.25, 0.3) is 5.91 Å². The molecule has 6 heteroatoms. The van der Waals surface area contributed by atoms with E-state index in [9.17, 15) is 4.79 Å². The van der Waals surface area contributed by atoms with Gasteiger partial charge >= 0.3 is 0 Å². The van der Waals surface area contributed by atoms with E-state index in [0.29, 0.717) is 34.4 Å². The Labute approximate surface area is 146 Å². The van der Waals surface area contributed by atoms with Crippen LogP contribution in [0, 0.1) is 0 Å². The van der Waals surface area contributed by atoms with Crippen molar-refractivity contribution < 1.29 is 19.0 Å². The third-order valence-corrected chi connectivity index (χ3v) is 3.64. The molecule has 0 fully saturated rings. The van der Waals surface area contributed by atoms with Gasteiger partial charge in [0, 0.05) is 11.1 Å². The van der Waals surface area contributed by atoms with Gasteiger partial charge in [-0.05, 0) is 36.8 Å². The van der Waals surface area contributed by atoms with E-state index in [1.165, 1.54) is 7.11 Å². The Hall–Kier alpha value is -2.40. The van der Waals surface area contributed by atoms with E-state index in [4.69, 9.17) is 25.8 Å². The van der Waals surface area contributed by atoms with E-state index in [2.05, 4.69) is 5.32 Å². The van der Waals surface area contributed by atoms with Crippen LogP contribution in [-0.4, -0.2) is 26.2 Å². The molecule has 2 aromatic rings. The van der Waals surface area contributed by atoms with E-state index in [0.717, 1.165) is 0 Å². The van der Waals surface area contributed by atoms with Crippen LogP contribution in [0.15, 0.2) is 42.5 Å². The van der Waals surface area contributed by atoms with Gasteiger partial charge in [-0.1, -0.05) is 24.6 Å². The number of benzene rings is 2. The number of hydrogen-bond donors (Lipinski definition) is 1. The van der Waals surface area contributed by atoms with Crippen LogP contribution in [0.5, 0.6) is 17.2 Å². The topological polar surface area (TPSA) is 56.8 Å². The van der Waals surface area contributed by atoms with Gasteiger partial charge in [0.05, 0.1) is 19.9 Å². The SMILES string of the molecule is CC[C@@H](Oc1cccc(Cl)c1)C(=O)Nc1cc(OC)ccc1OC. The Morgan fingerprint density at radius 3 is 2.54 bits per heavy atom. The first-order valence-corrected chi connectivity index (χ1v) is 7.90. The molecular formula is C18H20ClNO4. The zero-order valence-corrected chi connectivity index (χ0v) is 14.6. The van der Waals surface area contributed by atoms with Crippen LogP contribution >= 0.6 is 11.6 Å². The summed E-state index contributed by atoms with van der Waals surface area (Å²) in [5, 5.41) is 3.37. The number of methoxy groups -OCH3 is 2. The normalized spacial score (nSPS) is 11.5. The number of carbonyl (C=O) groups is 1. The van der Waals surface area contributed by atoms with E-state index in [-0.39, 0.29) is 5.91 Å². The highest BCUT2D eigenvalue weighted by Crippen LogP contribution is 2.29. The van der Waals surface area contributed by atoms with E-state index in [1.54, 1.807) is 49.6 Å². The van der Waals surface area contributed by atoms with Crippen molar-refractivity contribution in [3.8, 4) is 17.2 Å². The van der Waals surface area contributed by atoms with E-state index >= 15 is 0 Å². The molecule has 0 aliphatic rings. The quantitative estimate of drug-likeness (QED) is 0.815. The molecule has 1 atom stereocenters. The number of anilines is 1. The highest BCUT2D eigenvalue weighted by atomic mass is 35.5. The third kappa shape index (κ3) is 4.55. The Morgan fingerprint density at radius 1 is 1.12 bits per heavy atom. The van der Waals surface area contributed by atoms with E-state index < -0.39 is 6.10 Å². The number of ether oxygens (including phenoxy) is 3. The largest absolute Gasteiger partial charge is 0.497 e. The van der Waals surface area contributed by atoms with Gasteiger partial charge in [-0.3, -0.25) is 4.79 Å². The zero-order valence-electron chi connectivity index (χ0n) is 13.8. The maximum absolute atomic E-state index is 12.5.